The minimum atomic E-state index is -0.770. The maximum atomic E-state index is 13.5. The van der Waals surface area contributed by atoms with E-state index in [0.29, 0.717) is 42.9 Å². The molecule has 234 valence electrons. The van der Waals surface area contributed by atoms with Gasteiger partial charge in [0.15, 0.2) is 0 Å². The molecule has 1 aliphatic rings. The first-order valence-electron chi connectivity index (χ1n) is 14.0. The number of fused-ring (bicyclic) bond motifs is 1. The SMILES string of the molecule is C=CCOC(=O)N1C[C@@H](SC(=O)OC(C)(C)C)C[C@H]1CNc1cc(C(=O)N[C@@H](CCSC)C(=O)OC)c2ccccc2c1. The number of thioether (sulfide) groups is 2. The molecule has 2 aromatic carbocycles. The molecule has 0 aromatic heterocycles. The highest BCUT2D eigenvalue weighted by Gasteiger charge is 2.38. The van der Waals surface area contributed by atoms with Gasteiger partial charge < -0.3 is 29.7 Å². The van der Waals surface area contributed by atoms with Gasteiger partial charge in [0.25, 0.3) is 5.91 Å². The van der Waals surface area contributed by atoms with Gasteiger partial charge in [-0.25, -0.2) is 14.4 Å². The van der Waals surface area contributed by atoms with Crippen LogP contribution in [0.15, 0.2) is 49.1 Å². The standard InChI is InChI=1S/C31H41N3O7S2/c1-7-13-40-29(37)34-19-23(43-30(38)41-31(2,3)4)17-22(34)18-32-21-15-20-10-8-9-11-24(20)25(16-21)27(35)33-26(12-14-42-6)28(36)39-5/h7-11,15-16,22-23,26,32H,1,12-14,17-19H2,2-6H3,(H,33,35)/t22-,23-,26-/m0/s1. The van der Waals surface area contributed by atoms with E-state index in [-0.39, 0.29) is 23.8 Å². The molecule has 3 atom stereocenters. The van der Waals surface area contributed by atoms with E-state index in [4.69, 9.17) is 14.2 Å². The van der Waals surface area contributed by atoms with Gasteiger partial charge in [0, 0.05) is 29.6 Å². The Hall–Kier alpha value is -3.38. The van der Waals surface area contributed by atoms with Crippen molar-refractivity contribution in [2.75, 3.05) is 44.1 Å². The molecule has 2 aromatic rings. The van der Waals surface area contributed by atoms with Crippen LogP contribution in [-0.2, 0) is 19.0 Å². The number of nitrogens with zero attached hydrogens (tertiary/aromatic N) is 1. The minimum Gasteiger partial charge on any atom is -0.467 e. The van der Waals surface area contributed by atoms with Crippen LogP contribution in [0.25, 0.3) is 10.8 Å². The number of amides is 2. The minimum absolute atomic E-state index is 0.0754. The molecule has 0 spiro atoms. The summed E-state index contributed by atoms with van der Waals surface area (Å²) >= 11 is 2.66. The number of esters is 1. The first-order valence-corrected chi connectivity index (χ1v) is 16.3. The van der Waals surface area contributed by atoms with Crippen molar-refractivity contribution in [2.45, 2.75) is 56.5 Å². The van der Waals surface area contributed by atoms with Crippen LogP contribution in [0.5, 0.6) is 0 Å². The first kappa shape index (κ1) is 34.1. The summed E-state index contributed by atoms with van der Waals surface area (Å²) < 4.78 is 15.7. The average Bonchev–Trinajstić information content (AvgIpc) is 3.37. The molecular formula is C31H41N3O7S2. The van der Waals surface area contributed by atoms with E-state index < -0.39 is 29.0 Å². The number of nitrogens with one attached hydrogen (secondary N) is 2. The molecule has 1 fully saturated rings. The van der Waals surface area contributed by atoms with E-state index in [1.54, 1.807) is 22.7 Å². The van der Waals surface area contributed by atoms with Crippen LogP contribution in [0.2, 0.25) is 0 Å². The van der Waals surface area contributed by atoms with Gasteiger partial charge in [-0.15, -0.1) is 0 Å². The zero-order valence-electron chi connectivity index (χ0n) is 25.3. The highest BCUT2D eigenvalue weighted by molar-refractivity contribution is 8.13. The zero-order chi connectivity index (χ0) is 31.6. The van der Waals surface area contributed by atoms with Crippen LogP contribution in [-0.4, -0.2) is 89.9 Å². The molecule has 1 heterocycles. The van der Waals surface area contributed by atoms with Gasteiger partial charge >= 0.3 is 17.4 Å². The van der Waals surface area contributed by atoms with Crippen molar-refractivity contribution in [1.82, 2.24) is 10.2 Å². The number of hydrogen-bond donors (Lipinski definition) is 2. The molecule has 1 aliphatic heterocycles. The average molecular weight is 632 g/mol. The Labute approximate surface area is 261 Å². The molecule has 2 N–H and O–H groups in total. The van der Waals surface area contributed by atoms with E-state index in [1.807, 2.05) is 57.4 Å². The number of benzene rings is 2. The van der Waals surface area contributed by atoms with Crippen LogP contribution in [0.3, 0.4) is 0 Å². The third-order valence-electron chi connectivity index (χ3n) is 6.64. The molecule has 0 unspecified atom stereocenters. The summed E-state index contributed by atoms with van der Waals surface area (Å²) in [4.78, 5) is 52.8. The van der Waals surface area contributed by atoms with Gasteiger partial charge in [0.1, 0.15) is 18.2 Å². The van der Waals surface area contributed by atoms with Crippen molar-refractivity contribution in [2.24, 2.45) is 0 Å². The fraction of sp³-hybridized carbons (Fsp3) is 0.484. The number of carbonyl (C=O) groups excluding carboxylic acids is 4. The molecule has 1 saturated heterocycles. The number of likely N-dealkylation sites (tertiary alicyclic amines) is 1. The lowest BCUT2D eigenvalue weighted by Crippen LogP contribution is -2.42. The van der Waals surface area contributed by atoms with Crippen LogP contribution in [0.4, 0.5) is 15.3 Å². The first-order chi connectivity index (χ1) is 20.4. The quantitative estimate of drug-likeness (QED) is 0.171. The molecule has 12 heteroatoms. The highest BCUT2D eigenvalue weighted by atomic mass is 32.2. The zero-order valence-corrected chi connectivity index (χ0v) is 27.0. The lowest BCUT2D eigenvalue weighted by Gasteiger charge is -2.24. The van der Waals surface area contributed by atoms with E-state index in [1.165, 1.54) is 13.2 Å². The molecule has 2 amide bonds. The largest absolute Gasteiger partial charge is 0.467 e. The number of carbonyl (C=O) groups is 4. The van der Waals surface area contributed by atoms with Gasteiger partial charge in [-0.05, 0) is 80.3 Å². The smallest absolute Gasteiger partial charge is 0.410 e. The topological polar surface area (TPSA) is 123 Å². The Morgan fingerprint density at radius 2 is 1.93 bits per heavy atom. The molecule has 10 nitrogen and oxygen atoms in total. The lowest BCUT2D eigenvalue weighted by molar-refractivity contribution is -0.142. The maximum Gasteiger partial charge on any atom is 0.410 e. The molecule has 43 heavy (non-hydrogen) atoms. The normalized spacial score (nSPS) is 17.2. The fourth-order valence-electron chi connectivity index (χ4n) is 4.70. The van der Waals surface area contributed by atoms with Crippen LogP contribution in [0.1, 0.15) is 44.0 Å². The third-order valence-corrected chi connectivity index (χ3v) is 8.23. The van der Waals surface area contributed by atoms with Crippen molar-refractivity contribution in [3.8, 4) is 0 Å². The van der Waals surface area contributed by atoms with Crippen molar-refractivity contribution >= 4 is 63.3 Å². The van der Waals surface area contributed by atoms with Crippen molar-refractivity contribution in [1.29, 1.82) is 0 Å². The Morgan fingerprint density at radius 3 is 2.60 bits per heavy atom. The molecule has 0 aliphatic carbocycles. The Bertz CT molecular complexity index is 1310. The van der Waals surface area contributed by atoms with Gasteiger partial charge in [-0.2, -0.15) is 11.8 Å². The summed E-state index contributed by atoms with van der Waals surface area (Å²) in [6, 6.07) is 10.1. The molecule has 3 rings (SSSR count). The summed E-state index contributed by atoms with van der Waals surface area (Å²) in [6.45, 7) is 9.78. The predicted molar refractivity (Wildman–Crippen MR) is 173 cm³/mol. The van der Waals surface area contributed by atoms with Gasteiger partial charge in [0.2, 0.25) is 0 Å². The second-order valence-corrected chi connectivity index (χ2v) is 13.3. The second kappa shape index (κ2) is 15.9. The molecule has 0 radical (unpaired) electrons. The van der Waals surface area contributed by atoms with Crippen molar-refractivity contribution in [3.05, 3.63) is 54.6 Å². The van der Waals surface area contributed by atoms with Crippen molar-refractivity contribution < 1.29 is 33.4 Å². The molecular weight excluding hydrogens is 590 g/mol. The van der Waals surface area contributed by atoms with E-state index >= 15 is 0 Å². The van der Waals surface area contributed by atoms with Gasteiger partial charge in [0.05, 0.1) is 13.2 Å². The summed E-state index contributed by atoms with van der Waals surface area (Å²) in [6.07, 6.45) is 3.93. The van der Waals surface area contributed by atoms with Crippen LogP contribution >= 0.6 is 23.5 Å². The Balaban J connectivity index is 1.81. The predicted octanol–water partition coefficient (Wildman–Crippen LogP) is 5.71. The number of anilines is 1. The maximum absolute atomic E-state index is 13.5. The summed E-state index contributed by atoms with van der Waals surface area (Å²) in [5.74, 6) is -0.201. The summed E-state index contributed by atoms with van der Waals surface area (Å²) in [7, 11) is 1.30. The Kier molecular flexibility index (Phi) is 12.6. The number of methoxy groups -OCH3 is 1. The van der Waals surface area contributed by atoms with Crippen LogP contribution < -0.4 is 10.6 Å². The highest BCUT2D eigenvalue weighted by Crippen LogP contribution is 2.31. The number of ether oxygens (including phenoxy) is 3. The van der Waals surface area contributed by atoms with Gasteiger partial charge in [-0.3, -0.25) is 4.79 Å². The molecule has 0 saturated carbocycles. The second-order valence-electron chi connectivity index (χ2n) is 11.1. The van der Waals surface area contributed by atoms with Crippen LogP contribution in [0, 0.1) is 0 Å². The molecule has 0 bridgehead atoms. The third kappa shape index (κ3) is 10.1. The fourth-order valence-corrected chi connectivity index (χ4v) is 6.29. The number of hydrogen-bond acceptors (Lipinski definition) is 10. The summed E-state index contributed by atoms with van der Waals surface area (Å²) in [5, 5.41) is 7.23. The van der Waals surface area contributed by atoms with Gasteiger partial charge in [-0.1, -0.05) is 36.9 Å². The number of rotatable bonds is 12. The van der Waals surface area contributed by atoms with E-state index in [9.17, 15) is 19.2 Å². The van der Waals surface area contributed by atoms with Crippen molar-refractivity contribution in [3.63, 3.8) is 0 Å². The Morgan fingerprint density at radius 1 is 1.19 bits per heavy atom. The lowest BCUT2D eigenvalue weighted by atomic mass is 10.0. The van der Waals surface area contributed by atoms with E-state index in [2.05, 4.69) is 17.2 Å². The monoisotopic (exact) mass is 631 g/mol. The van der Waals surface area contributed by atoms with E-state index in [0.717, 1.165) is 22.5 Å². The summed E-state index contributed by atoms with van der Waals surface area (Å²) in [5.41, 5.74) is 0.467.